The predicted molar refractivity (Wildman–Crippen MR) is 99.6 cm³/mol. The third-order valence-corrected chi connectivity index (χ3v) is 5.46. The Labute approximate surface area is 156 Å². The van der Waals surface area contributed by atoms with E-state index in [9.17, 15) is 9.18 Å². The zero-order valence-electron chi connectivity index (χ0n) is 15.3. The van der Waals surface area contributed by atoms with E-state index < -0.39 is 0 Å². The molecule has 1 saturated carbocycles. The number of rotatable bonds is 3. The zero-order chi connectivity index (χ0) is 18.7. The van der Waals surface area contributed by atoms with Crippen molar-refractivity contribution in [2.75, 3.05) is 11.4 Å². The third-order valence-electron chi connectivity index (χ3n) is 5.46. The van der Waals surface area contributed by atoms with E-state index in [0.717, 1.165) is 29.8 Å². The molecule has 0 atom stereocenters. The van der Waals surface area contributed by atoms with Gasteiger partial charge in [0.1, 0.15) is 5.82 Å². The minimum absolute atomic E-state index is 0.0916. The molecular weight excluding hydrogens is 345 g/mol. The van der Waals surface area contributed by atoms with E-state index in [4.69, 9.17) is 4.52 Å². The molecule has 138 valence electrons. The number of benzene rings is 1. The van der Waals surface area contributed by atoms with Crippen LogP contribution >= 0.6 is 0 Å². The highest BCUT2D eigenvalue weighted by Crippen LogP contribution is 2.42. The van der Waals surface area contributed by atoms with Crippen LogP contribution in [-0.4, -0.2) is 22.6 Å². The largest absolute Gasteiger partial charge is 0.335 e. The molecule has 0 bridgehead atoms. The van der Waals surface area contributed by atoms with Crippen molar-refractivity contribution in [2.45, 2.75) is 44.9 Å². The number of halogens is 1. The Morgan fingerprint density at radius 2 is 2.15 bits per heavy atom. The van der Waals surface area contributed by atoms with Gasteiger partial charge in [-0.2, -0.15) is 0 Å². The van der Waals surface area contributed by atoms with Gasteiger partial charge in [-0.15, -0.1) is 0 Å². The molecule has 1 aliphatic heterocycles. The number of fused-ring (bicyclic) bond motifs is 2. The molecule has 1 fully saturated rings. The molecule has 6 heteroatoms. The van der Waals surface area contributed by atoms with Crippen LogP contribution < -0.4 is 4.90 Å². The molecular formula is C21H20FN3O2. The van der Waals surface area contributed by atoms with E-state index >= 15 is 0 Å². The van der Waals surface area contributed by atoms with Crippen LogP contribution in [0.5, 0.6) is 0 Å². The second-order valence-electron chi connectivity index (χ2n) is 7.73. The monoisotopic (exact) mass is 365 g/mol. The molecule has 2 aromatic heterocycles. The fraction of sp³-hybridized carbons (Fsp3) is 0.381. The molecule has 0 unspecified atom stereocenters. The molecule has 3 heterocycles. The summed E-state index contributed by atoms with van der Waals surface area (Å²) in [6.45, 7) is 4.48. The van der Waals surface area contributed by atoms with Crippen molar-refractivity contribution in [1.82, 2.24) is 10.1 Å². The summed E-state index contributed by atoms with van der Waals surface area (Å²) in [6.07, 6.45) is 2.79. The molecule has 1 aliphatic carbocycles. The number of hydrogen-bond donors (Lipinski definition) is 0. The zero-order valence-corrected chi connectivity index (χ0v) is 15.3. The maximum Gasteiger partial charge on any atom is 0.259 e. The normalized spacial score (nSPS) is 16.4. The average Bonchev–Trinajstić information content (AvgIpc) is 3.26. The Morgan fingerprint density at radius 3 is 2.89 bits per heavy atom. The lowest BCUT2D eigenvalue weighted by Gasteiger charge is -2.19. The molecule has 1 aromatic carbocycles. The van der Waals surface area contributed by atoms with E-state index in [2.05, 4.69) is 10.1 Å². The minimum atomic E-state index is -0.361. The summed E-state index contributed by atoms with van der Waals surface area (Å²) in [5.41, 5.74) is 3.76. The summed E-state index contributed by atoms with van der Waals surface area (Å²) < 4.78 is 19.9. The molecule has 3 aromatic rings. The van der Waals surface area contributed by atoms with Crippen molar-refractivity contribution in [3.05, 3.63) is 52.6 Å². The smallest absolute Gasteiger partial charge is 0.259 e. The minimum Gasteiger partial charge on any atom is -0.335 e. The summed E-state index contributed by atoms with van der Waals surface area (Å²) in [4.78, 5) is 19.7. The quantitative estimate of drug-likeness (QED) is 0.682. The van der Waals surface area contributed by atoms with Crippen LogP contribution in [0.4, 0.5) is 10.1 Å². The number of nitrogens with zero attached hydrogens (tertiary/aromatic N) is 3. The lowest BCUT2D eigenvalue weighted by molar-refractivity contribution is 0.0990. The Hall–Kier alpha value is -2.76. The SMILES string of the molecule is CC(C)c1noc2nc(C3CC3)cc(C(=O)N3CCc4cccc(F)c43)c12. The Morgan fingerprint density at radius 1 is 1.33 bits per heavy atom. The summed E-state index contributed by atoms with van der Waals surface area (Å²) >= 11 is 0. The predicted octanol–water partition coefficient (Wildman–Crippen LogP) is 4.57. The van der Waals surface area contributed by atoms with Crippen LogP contribution in [0.2, 0.25) is 0 Å². The lowest BCUT2D eigenvalue weighted by Crippen LogP contribution is -2.30. The van der Waals surface area contributed by atoms with Crippen LogP contribution in [0.1, 0.15) is 65.8 Å². The van der Waals surface area contributed by atoms with Crippen molar-refractivity contribution >= 4 is 22.7 Å². The molecule has 0 radical (unpaired) electrons. The fourth-order valence-corrected chi connectivity index (χ4v) is 3.90. The highest BCUT2D eigenvalue weighted by Gasteiger charge is 2.33. The van der Waals surface area contributed by atoms with E-state index in [1.165, 1.54) is 6.07 Å². The highest BCUT2D eigenvalue weighted by atomic mass is 19.1. The van der Waals surface area contributed by atoms with Gasteiger partial charge in [0.25, 0.3) is 11.6 Å². The van der Waals surface area contributed by atoms with Crippen molar-refractivity contribution in [1.29, 1.82) is 0 Å². The van der Waals surface area contributed by atoms with Crippen molar-refractivity contribution in [3.63, 3.8) is 0 Å². The summed E-state index contributed by atoms with van der Waals surface area (Å²) in [5, 5.41) is 4.82. The highest BCUT2D eigenvalue weighted by molar-refractivity contribution is 6.14. The van der Waals surface area contributed by atoms with Gasteiger partial charge in [-0.3, -0.25) is 4.79 Å². The summed E-state index contributed by atoms with van der Waals surface area (Å²) in [5.74, 6) is -0.108. The van der Waals surface area contributed by atoms with E-state index in [0.29, 0.717) is 41.2 Å². The van der Waals surface area contributed by atoms with E-state index in [1.54, 1.807) is 11.0 Å². The van der Waals surface area contributed by atoms with Crippen molar-refractivity contribution in [3.8, 4) is 0 Å². The summed E-state index contributed by atoms with van der Waals surface area (Å²) in [6, 6.07) is 6.84. The molecule has 0 spiro atoms. The van der Waals surface area contributed by atoms with Gasteiger partial charge in [0.05, 0.1) is 22.3 Å². The van der Waals surface area contributed by atoms with Gasteiger partial charge in [0.2, 0.25) is 0 Å². The molecule has 0 saturated heterocycles. The van der Waals surface area contributed by atoms with E-state index in [1.807, 2.05) is 26.0 Å². The first kappa shape index (κ1) is 16.4. The summed E-state index contributed by atoms with van der Waals surface area (Å²) in [7, 11) is 0. The fourth-order valence-electron chi connectivity index (χ4n) is 3.90. The maximum absolute atomic E-state index is 14.5. The van der Waals surface area contributed by atoms with Crippen LogP contribution in [0.25, 0.3) is 11.1 Å². The van der Waals surface area contributed by atoms with Gasteiger partial charge in [0, 0.05) is 18.2 Å². The number of anilines is 1. The first-order valence-corrected chi connectivity index (χ1v) is 9.44. The number of para-hydroxylation sites is 1. The van der Waals surface area contributed by atoms with Gasteiger partial charge >= 0.3 is 0 Å². The number of carbonyl (C=O) groups is 1. The van der Waals surface area contributed by atoms with Crippen LogP contribution in [0.3, 0.4) is 0 Å². The van der Waals surface area contributed by atoms with Crippen molar-refractivity contribution in [2.24, 2.45) is 0 Å². The second-order valence-corrected chi connectivity index (χ2v) is 7.73. The Kier molecular flexibility index (Phi) is 3.57. The van der Waals surface area contributed by atoms with Gasteiger partial charge < -0.3 is 9.42 Å². The number of hydrogen-bond acceptors (Lipinski definition) is 4. The average molecular weight is 365 g/mol. The number of carbonyl (C=O) groups excluding carboxylic acids is 1. The topological polar surface area (TPSA) is 59.2 Å². The molecule has 5 nitrogen and oxygen atoms in total. The van der Waals surface area contributed by atoms with Crippen LogP contribution in [-0.2, 0) is 6.42 Å². The first-order chi connectivity index (χ1) is 13.0. The van der Waals surface area contributed by atoms with Gasteiger partial charge in [0.15, 0.2) is 0 Å². The molecule has 1 amide bonds. The molecule has 2 aliphatic rings. The standard InChI is InChI=1S/C21H20FN3O2/c1-11(2)18-17-14(10-16(12-6-7-12)23-20(17)27-24-18)21(26)25-9-8-13-4-3-5-15(22)19(13)25/h3-5,10-12H,6-9H2,1-2H3. The molecule has 0 N–H and O–H groups in total. The number of amides is 1. The van der Waals surface area contributed by atoms with Crippen LogP contribution in [0, 0.1) is 5.82 Å². The Bertz CT molecular complexity index is 1070. The molecule has 27 heavy (non-hydrogen) atoms. The number of pyridine rings is 1. The second kappa shape index (κ2) is 5.87. The van der Waals surface area contributed by atoms with E-state index in [-0.39, 0.29) is 17.6 Å². The van der Waals surface area contributed by atoms with Gasteiger partial charge in [-0.25, -0.2) is 9.37 Å². The maximum atomic E-state index is 14.5. The van der Waals surface area contributed by atoms with Gasteiger partial charge in [-0.1, -0.05) is 31.1 Å². The molecule has 5 rings (SSSR count). The van der Waals surface area contributed by atoms with Crippen LogP contribution in [0.15, 0.2) is 28.8 Å². The third kappa shape index (κ3) is 2.54. The first-order valence-electron chi connectivity index (χ1n) is 9.44. The lowest BCUT2D eigenvalue weighted by atomic mass is 10.0. The van der Waals surface area contributed by atoms with Gasteiger partial charge in [-0.05, 0) is 42.9 Å². The Balaban J connectivity index is 1.68. The number of aromatic nitrogens is 2. The van der Waals surface area contributed by atoms with Crippen molar-refractivity contribution < 1.29 is 13.7 Å².